The smallest absolute Gasteiger partial charge is 0.0308 e. The van der Waals surface area contributed by atoms with Crippen molar-refractivity contribution in [2.24, 2.45) is 0 Å². The summed E-state index contributed by atoms with van der Waals surface area (Å²) in [4.78, 5) is 0. The molecule has 0 aliphatic rings. The van der Waals surface area contributed by atoms with Crippen LogP contribution in [0.5, 0.6) is 0 Å². The van der Waals surface area contributed by atoms with Gasteiger partial charge < -0.3 is 0 Å². The van der Waals surface area contributed by atoms with Crippen molar-refractivity contribution in [2.45, 2.75) is 20.3 Å². The average Bonchev–Trinajstić information content (AvgIpc) is 2.03. The maximum absolute atomic E-state index is 3.60. The fourth-order valence-electron chi connectivity index (χ4n) is 0.763. The van der Waals surface area contributed by atoms with Crippen molar-refractivity contribution in [3.63, 3.8) is 0 Å². The molecule has 0 aromatic rings. The maximum Gasteiger partial charge on any atom is -0.0308 e. The Labute approximate surface area is 69.6 Å². The van der Waals surface area contributed by atoms with Crippen molar-refractivity contribution in [1.29, 1.82) is 0 Å². The minimum absolute atomic E-state index is 1.08. The summed E-state index contributed by atoms with van der Waals surface area (Å²) in [5.74, 6) is 0. The quantitative estimate of drug-likeness (QED) is 0.534. The lowest BCUT2D eigenvalue weighted by atomic mass is 10.2. The van der Waals surface area contributed by atoms with Crippen LogP contribution in [0.4, 0.5) is 0 Å². The zero-order chi connectivity index (χ0) is 8.53. The monoisotopic (exact) mass is 148 g/mol. The van der Waals surface area contributed by atoms with E-state index in [9.17, 15) is 0 Å². The number of allylic oxidation sites excluding steroid dienone is 7. The summed E-state index contributed by atoms with van der Waals surface area (Å²) in [6.07, 6.45) is 13.1. The van der Waals surface area contributed by atoms with E-state index in [1.807, 2.05) is 19.1 Å². The largest absolute Gasteiger partial charge is 0.0991 e. The highest BCUT2D eigenvalue weighted by Gasteiger charge is 1.81. The van der Waals surface area contributed by atoms with Crippen molar-refractivity contribution in [1.82, 2.24) is 0 Å². The van der Waals surface area contributed by atoms with Crippen LogP contribution < -0.4 is 0 Å². The third-order valence-electron chi connectivity index (χ3n) is 1.35. The lowest BCUT2D eigenvalue weighted by molar-refractivity contribution is 1.15. The Bertz CT molecular complexity index is 180. The minimum Gasteiger partial charge on any atom is -0.0991 e. The van der Waals surface area contributed by atoms with Gasteiger partial charge in [-0.05, 0) is 18.9 Å². The van der Waals surface area contributed by atoms with Crippen LogP contribution in [-0.4, -0.2) is 0 Å². The molecule has 0 N–H and O–H groups in total. The summed E-state index contributed by atoms with van der Waals surface area (Å²) in [5.41, 5.74) is 1.34. The molecule has 60 valence electrons. The fourth-order valence-corrected chi connectivity index (χ4v) is 0.763. The zero-order valence-electron chi connectivity index (χ0n) is 7.38. The summed E-state index contributed by atoms with van der Waals surface area (Å²) in [7, 11) is 0. The maximum atomic E-state index is 3.60. The third kappa shape index (κ3) is 5.41. The molecule has 0 bridgehead atoms. The zero-order valence-corrected chi connectivity index (χ0v) is 7.38. The van der Waals surface area contributed by atoms with Crippen LogP contribution in [0, 0.1) is 0 Å². The van der Waals surface area contributed by atoms with Gasteiger partial charge in [-0.15, -0.1) is 0 Å². The second kappa shape index (κ2) is 7.07. The van der Waals surface area contributed by atoms with Crippen LogP contribution in [0.15, 0.2) is 48.6 Å². The molecule has 0 aromatic heterocycles. The third-order valence-corrected chi connectivity index (χ3v) is 1.35. The summed E-state index contributed by atoms with van der Waals surface area (Å²) < 4.78 is 0. The average molecular weight is 148 g/mol. The molecule has 0 atom stereocenters. The highest BCUT2D eigenvalue weighted by molar-refractivity contribution is 5.24. The van der Waals surface area contributed by atoms with E-state index in [-0.39, 0.29) is 0 Å². The van der Waals surface area contributed by atoms with E-state index in [1.54, 1.807) is 6.08 Å². The van der Waals surface area contributed by atoms with Crippen molar-refractivity contribution >= 4 is 0 Å². The molecular formula is C11H16. The first-order chi connectivity index (χ1) is 5.35. The summed E-state index contributed by atoms with van der Waals surface area (Å²) in [6, 6.07) is 0. The van der Waals surface area contributed by atoms with Crippen molar-refractivity contribution in [3.8, 4) is 0 Å². The van der Waals surface area contributed by atoms with E-state index < -0.39 is 0 Å². The minimum atomic E-state index is 1.08. The highest BCUT2D eigenvalue weighted by Crippen LogP contribution is 2.02. The molecule has 0 heterocycles. The molecule has 0 unspecified atom stereocenters. The topological polar surface area (TPSA) is 0 Å². The van der Waals surface area contributed by atoms with E-state index in [1.165, 1.54) is 5.57 Å². The van der Waals surface area contributed by atoms with E-state index in [2.05, 4.69) is 31.7 Å². The van der Waals surface area contributed by atoms with Crippen LogP contribution in [0.25, 0.3) is 0 Å². The van der Waals surface area contributed by atoms with Gasteiger partial charge in [0.1, 0.15) is 0 Å². The molecule has 0 radical (unpaired) electrons. The Morgan fingerprint density at radius 1 is 1.36 bits per heavy atom. The second-order valence-electron chi connectivity index (χ2n) is 2.22. The van der Waals surface area contributed by atoms with Crippen LogP contribution in [0.3, 0.4) is 0 Å². The summed E-state index contributed by atoms with van der Waals surface area (Å²) >= 11 is 0. The second-order valence-corrected chi connectivity index (χ2v) is 2.22. The summed E-state index contributed by atoms with van der Waals surface area (Å²) in [6.45, 7) is 7.77. The van der Waals surface area contributed by atoms with E-state index >= 15 is 0 Å². The first kappa shape index (κ1) is 9.96. The molecule has 0 spiro atoms. The number of rotatable bonds is 4. The Balaban J connectivity index is 4.11. The Morgan fingerprint density at radius 3 is 2.55 bits per heavy atom. The van der Waals surface area contributed by atoms with Crippen LogP contribution in [-0.2, 0) is 0 Å². The van der Waals surface area contributed by atoms with Gasteiger partial charge in [0.2, 0.25) is 0 Å². The van der Waals surface area contributed by atoms with E-state index in [4.69, 9.17) is 0 Å². The molecular weight excluding hydrogens is 132 g/mol. The first-order valence-corrected chi connectivity index (χ1v) is 3.96. The normalized spacial score (nSPS) is 13.1. The SMILES string of the molecule is C=C/C=C/C=C(/C=C\C)CC. The lowest BCUT2D eigenvalue weighted by Gasteiger charge is -1.91. The number of hydrogen-bond acceptors (Lipinski definition) is 0. The molecule has 0 saturated heterocycles. The standard InChI is InChI=1S/C11H16/c1-4-7-8-10-11(6-3)9-5-2/h4-5,7-10H,1,6H2,2-3H3/b8-7+,9-5-,11-10+. The molecule has 11 heavy (non-hydrogen) atoms. The van der Waals surface area contributed by atoms with E-state index in [0.29, 0.717) is 0 Å². The molecule has 0 saturated carbocycles. The van der Waals surface area contributed by atoms with Crippen molar-refractivity contribution in [3.05, 3.63) is 48.6 Å². The van der Waals surface area contributed by atoms with Gasteiger partial charge >= 0.3 is 0 Å². The predicted octanol–water partition coefficient (Wildman–Crippen LogP) is 3.64. The van der Waals surface area contributed by atoms with Gasteiger partial charge in [0.05, 0.1) is 0 Å². The van der Waals surface area contributed by atoms with Gasteiger partial charge in [-0.1, -0.05) is 50.0 Å². The number of hydrogen-bond donors (Lipinski definition) is 0. The van der Waals surface area contributed by atoms with Gasteiger partial charge in [-0.2, -0.15) is 0 Å². The van der Waals surface area contributed by atoms with Gasteiger partial charge in [0.25, 0.3) is 0 Å². The van der Waals surface area contributed by atoms with Crippen LogP contribution in [0.2, 0.25) is 0 Å². The molecule has 0 heteroatoms. The van der Waals surface area contributed by atoms with E-state index in [0.717, 1.165) is 6.42 Å². The Hall–Kier alpha value is -1.04. The Morgan fingerprint density at radius 2 is 2.09 bits per heavy atom. The van der Waals surface area contributed by atoms with Gasteiger partial charge in [-0.3, -0.25) is 0 Å². The van der Waals surface area contributed by atoms with Gasteiger partial charge in [0.15, 0.2) is 0 Å². The van der Waals surface area contributed by atoms with Crippen LogP contribution >= 0.6 is 0 Å². The van der Waals surface area contributed by atoms with Gasteiger partial charge in [-0.25, -0.2) is 0 Å². The molecule has 0 aromatic carbocycles. The Kier molecular flexibility index (Phi) is 6.40. The van der Waals surface area contributed by atoms with Crippen molar-refractivity contribution in [2.75, 3.05) is 0 Å². The first-order valence-electron chi connectivity index (χ1n) is 3.96. The highest BCUT2D eigenvalue weighted by atomic mass is 13.9. The molecule has 0 aliphatic heterocycles. The van der Waals surface area contributed by atoms with Crippen molar-refractivity contribution < 1.29 is 0 Å². The molecule has 0 amide bonds. The fraction of sp³-hybridized carbons (Fsp3) is 0.273. The van der Waals surface area contributed by atoms with Crippen LogP contribution in [0.1, 0.15) is 20.3 Å². The van der Waals surface area contributed by atoms with Gasteiger partial charge in [0, 0.05) is 0 Å². The molecule has 0 aliphatic carbocycles. The summed E-state index contributed by atoms with van der Waals surface area (Å²) in [5, 5.41) is 0. The molecule has 0 rings (SSSR count). The molecule has 0 fully saturated rings. The predicted molar refractivity (Wildman–Crippen MR) is 52.5 cm³/mol. The molecule has 0 nitrogen and oxygen atoms in total. The lowest BCUT2D eigenvalue weighted by Crippen LogP contribution is -1.71.